The van der Waals surface area contributed by atoms with Gasteiger partial charge in [-0.3, -0.25) is 0 Å². The van der Waals surface area contributed by atoms with Crippen LogP contribution in [0.5, 0.6) is 11.5 Å². The molecule has 0 fully saturated rings. The Morgan fingerprint density at radius 1 is 0.654 bits per heavy atom. The summed E-state index contributed by atoms with van der Waals surface area (Å²) in [7, 11) is 0. The van der Waals surface area contributed by atoms with Crippen LogP contribution >= 0.6 is 0 Å². The van der Waals surface area contributed by atoms with Crippen LogP contribution in [0.4, 0.5) is 0 Å². The van der Waals surface area contributed by atoms with E-state index in [1.807, 2.05) is 6.07 Å². The average Bonchev–Trinajstić information content (AvgIpc) is 2.61. The Kier molecular flexibility index (Phi) is 10.4. The third-order valence-electron chi connectivity index (χ3n) is 3.74. The second kappa shape index (κ2) is 12.9. The van der Waals surface area contributed by atoms with E-state index in [9.17, 15) is 0 Å². The molecule has 0 saturated carbocycles. The summed E-state index contributed by atoms with van der Waals surface area (Å²) in [6.45, 7) is 9.70. The van der Waals surface area contributed by atoms with Crippen LogP contribution in [0.2, 0.25) is 0 Å². The van der Waals surface area contributed by atoms with E-state index in [4.69, 9.17) is 28.4 Å². The monoisotopic (exact) mass is 368 g/mol. The van der Waals surface area contributed by atoms with Gasteiger partial charge in [0.1, 0.15) is 13.2 Å². The zero-order valence-electron chi connectivity index (χ0n) is 16.0. The van der Waals surface area contributed by atoms with Crippen molar-refractivity contribution in [3.05, 3.63) is 23.8 Å². The highest BCUT2D eigenvalue weighted by Crippen LogP contribution is 2.29. The van der Waals surface area contributed by atoms with Gasteiger partial charge in [0.05, 0.1) is 52.9 Å². The number of hydrogen-bond acceptors (Lipinski definition) is 6. The Hall–Kier alpha value is -1.34. The van der Waals surface area contributed by atoms with Gasteiger partial charge in [0.2, 0.25) is 0 Å². The van der Waals surface area contributed by atoms with Crippen molar-refractivity contribution in [3.8, 4) is 11.5 Å². The molecule has 0 atom stereocenters. The van der Waals surface area contributed by atoms with Crippen LogP contribution in [0, 0.1) is 5.92 Å². The van der Waals surface area contributed by atoms with E-state index in [0.717, 1.165) is 17.9 Å². The van der Waals surface area contributed by atoms with E-state index in [1.54, 1.807) is 0 Å². The molecule has 0 unspecified atom stereocenters. The lowest BCUT2D eigenvalue weighted by Gasteiger charge is -2.15. The molecule has 148 valence electrons. The Morgan fingerprint density at radius 3 is 1.62 bits per heavy atom. The lowest BCUT2D eigenvalue weighted by atomic mass is 10.0. The SMILES string of the molecule is CC(C)Cc1ccc2c(c1)OCCOCCOCCOCCOCCO2. The number of hydrogen-bond donors (Lipinski definition) is 0. The Balaban J connectivity index is 1.92. The van der Waals surface area contributed by atoms with Crippen LogP contribution in [-0.2, 0) is 25.4 Å². The van der Waals surface area contributed by atoms with Crippen molar-refractivity contribution in [1.29, 1.82) is 0 Å². The molecule has 0 bridgehead atoms. The van der Waals surface area contributed by atoms with E-state index in [0.29, 0.717) is 72.0 Å². The van der Waals surface area contributed by atoms with Crippen molar-refractivity contribution in [2.75, 3.05) is 66.1 Å². The predicted octanol–water partition coefficient (Wildman–Crippen LogP) is 2.72. The molecule has 1 aromatic carbocycles. The Bertz CT molecular complexity index is 491. The van der Waals surface area contributed by atoms with Crippen molar-refractivity contribution >= 4 is 0 Å². The third-order valence-corrected chi connectivity index (χ3v) is 3.74. The molecule has 0 spiro atoms. The zero-order chi connectivity index (χ0) is 18.5. The maximum Gasteiger partial charge on any atom is 0.161 e. The molecule has 6 nitrogen and oxygen atoms in total. The smallest absolute Gasteiger partial charge is 0.161 e. The van der Waals surface area contributed by atoms with Crippen molar-refractivity contribution in [1.82, 2.24) is 0 Å². The number of benzene rings is 1. The quantitative estimate of drug-likeness (QED) is 0.800. The number of rotatable bonds is 2. The first-order valence-electron chi connectivity index (χ1n) is 9.45. The molecule has 26 heavy (non-hydrogen) atoms. The molecular formula is C20H32O6. The minimum absolute atomic E-state index is 0.472. The molecule has 6 heteroatoms. The van der Waals surface area contributed by atoms with Gasteiger partial charge in [-0.15, -0.1) is 0 Å². The summed E-state index contributed by atoms with van der Waals surface area (Å²) < 4.78 is 33.7. The molecule has 1 aliphatic rings. The predicted molar refractivity (Wildman–Crippen MR) is 99.3 cm³/mol. The van der Waals surface area contributed by atoms with Crippen molar-refractivity contribution in [3.63, 3.8) is 0 Å². The highest BCUT2D eigenvalue weighted by atomic mass is 16.6. The van der Waals surface area contributed by atoms with E-state index in [2.05, 4.69) is 26.0 Å². The Labute approximate surface area is 156 Å². The lowest BCUT2D eigenvalue weighted by molar-refractivity contribution is -0.00842. The van der Waals surface area contributed by atoms with Crippen LogP contribution < -0.4 is 9.47 Å². The van der Waals surface area contributed by atoms with Crippen LogP contribution in [0.3, 0.4) is 0 Å². The maximum atomic E-state index is 5.90. The van der Waals surface area contributed by atoms with Gasteiger partial charge in [-0.25, -0.2) is 0 Å². The first-order chi connectivity index (χ1) is 12.8. The van der Waals surface area contributed by atoms with E-state index in [1.165, 1.54) is 5.56 Å². The largest absolute Gasteiger partial charge is 0.487 e. The molecule has 1 heterocycles. The second-order valence-electron chi connectivity index (χ2n) is 6.53. The van der Waals surface area contributed by atoms with Crippen LogP contribution in [0.1, 0.15) is 19.4 Å². The molecule has 0 aliphatic carbocycles. The molecule has 1 aromatic rings. The minimum atomic E-state index is 0.472. The van der Waals surface area contributed by atoms with Crippen LogP contribution in [-0.4, -0.2) is 66.1 Å². The van der Waals surface area contributed by atoms with Gasteiger partial charge < -0.3 is 28.4 Å². The molecule has 0 radical (unpaired) electrons. The maximum absolute atomic E-state index is 5.90. The highest BCUT2D eigenvalue weighted by Gasteiger charge is 2.09. The van der Waals surface area contributed by atoms with Gasteiger partial charge in [0.25, 0.3) is 0 Å². The first kappa shape index (κ1) is 21.0. The molecule has 0 aromatic heterocycles. The standard InChI is InChI=1S/C20H32O6/c1-17(2)15-18-3-4-19-20(16-18)26-14-12-24-10-8-22-6-5-21-7-9-23-11-13-25-19/h3-4,16-17H,5-15H2,1-2H3. The molecule has 2 rings (SSSR count). The molecule has 1 aliphatic heterocycles. The van der Waals surface area contributed by atoms with E-state index in [-0.39, 0.29) is 0 Å². The van der Waals surface area contributed by atoms with Gasteiger partial charge in [-0.1, -0.05) is 19.9 Å². The third kappa shape index (κ3) is 8.85. The topological polar surface area (TPSA) is 55.4 Å². The van der Waals surface area contributed by atoms with Gasteiger partial charge in [-0.2, -0.15) is 0 Å². The van der Waals surface area contributed by atoms with Gasteiger partial charge in [0, 0.05) is 0 Å². The van der Waals surface area contributed by atoms with Gasteiger partial charge >= 0.3 is 0 Å². The van der Waals surface area contributed by atoms with Crippen molar-refractivity contribution in [2.45, 2.75) is 20.3 Å². The van der Waals surface area contributed by atoms with Gasteiger partial charge in [0.15, 0.2) is 11.5 Å². The summed E-state index contributed by atoms with van der Waals surface area (Å²) in [6.07, 6.45) is 1.01. The molecule has 0 N–H and O–H groups in total. The van der Waals surface area contributed by atoms with Crippen molar-refractivity contribution in [2.24, 2.45) is 5.92 Å². The van der Waals surface area contributed by atoms with Crippen LogP contribution in [0.15, 0.2) is 18.2 Å². The fourth-order valence-corrected chi connectivity index (χ4v) is 2.57. The summed E-state index contributed by atoms with van der Waals surface area (Å²) in [4.78, 5) is 0. The average molecular weight is 368 g/mol. The summed E-state index contributed by atoms with van der Waals surface area (Å²) in [5.74, 6) is 2.08. The number of ether oxygens (including phenoxy) is 6. The second-order valence-corrected chi connectivity index (χ2v) is 6.53. The number of fused-ring (bicyclic) bond motifs is 1. The summed E-state index contributed by atoms with van der Waals surface area (Å²) in [5.41, 5.74) is 1.24. The normalized spacial score (nSPS) is 18.9. The van der Waals surface area contributed by atoms with E-state index < -0.39 is 0 Å². The lowest BCUT2D eigenvalue weighted by Crippen LogP contribution is -2.16. The summed E-state index contributed by atoms with van der Waals surface area (Å²) in [6, 6.07) is 6.13. The van der Waals surface area contributed by atoms with Gasteiger partial charge in [-0.05, 0) is 30.0 Å². The molecule has 0 amide bonds. The van der Waals surface area contributed by atoms with Crippen LogP contribution in [0.25, 0.3) is 0 Å². The summed E-state index contributed by atoms with van der Waals surface area (Å²) >= 11 is 0. The highest BCUT2D eigenvalue weighted by molar-refractivity contribution is 5.43. The van der Waals surface area contributed by atoms with E-state index >= 15 is 0 Å². The fourth-order valence-electron chi connectivity index (χ4n) is 2.57. The fraction of sp³-hybridized carbons (Fsp3) is 0.700. The van der Waals surface area contributed by atoms with Crippen molar-refractivity contribution < 1.29 is 28.4 Å². The zero-order valence-corrected chi connectivity index (χ0v) is 16.0. The molecular weight excluding hydrogens is 336 g/mol. The first-order valence-corrected chi connectivity index (χ1v) is 9.45. The molecule has 0 saturated heterocycles. The Morgan fingerprint density at radius 2 is 1.12 bits per heavy atom. The summed E-state index contributed by atoms with van der Waals surface area (Å²) in [5, 5.41) is 0. The minimum Gasteiger partial charge on any atom is -0.487 e.